The molecule has 1 aromatic carbocycles. The number of aromatic nitrogens is 3. The molecule has 0 atom stereocenters. The van der Waals surface area contributed by atoms with E-state index in [4.69, 9.17) is 11.1 Å². The first-order chi connectivity index (χ1) is 8.86. The first kappa shape index (κ1) is 11.9. The van der Waals surface area contributed by atoms with Gasteiger partial charge in [0, 0.05) is 18.3 Å². The van der Waals surface area contributed by atoms with Crippen molar-refractivity contribution in [2.75, 3.05) is 5.43 Å². The van der Waals surface area contributed by atoms with Gasteiger partial charge in [0.25, 0.3) is 0 Å². The van der Waals surface area contributed by atoms with E-state index < -0.39 is 0 Å². The van der Waals surface area contributed by atoms with Gasteiger partial charge in [-0.3, -0.25) is 5.43 Å². The fourth-order valence-corrected chi connectivity index (χ4v) is 1.57. The Bertz CT molecular complexity index is 545. The Morgan fingerprint density at radius 3 is 2.83 bits per heavy atom. The number of hydrogen-bond donors (Lipinski definition) is 3. The van der Waals surface area contributed by atoms with Gasteiger partial charge in [-0.05, 0) is 12.1 Å². The molecule has 0 fully saturated rings. The summed E-state index contributed by atoms with van der Waals surface area (Å²) in [7, 11) is 0. The molecule has 92 valence electrons. The summed E-state index contributed by atoms with van der Waals surface area (Å²) >= 11 is 0. The molecule has 4 N–H and O–H groups in total. The molecule has 0 aliphatic rings. The molecule has 0 aliphatic carbocycles. The molecule has 0 aliphatic heterocycles. The molecule has 0 amide bonds. The largest absolute Gasteiger partial charge is 0.326 e. The summed E-state index contributed by atoms with van der Waals surface area (Å²) in [4.78, 5) is 1.51. The van der Waals surface area contributed by atoms with Gasteiger partial charge in [0.15, 0.2) is 0 Å². The molecule has 2 rings (SSSR count). The number of hydrogen-bond acceptors (Lipinski definition) is 6. The zero-order valence-electron chi connectivity index (χ0n) is 9.61. The fourth-order valence-electron chi connectivity index (χ4n) is 1.57. The van der Waals surface area contributed by atoms with E-state index >= 15 is 0 Å². The summed E-state index contributed by atoms with van der Waals surface area (Å²) in [6.07, 6.45) is 5.65. The number of anilines is 1. The predicted molar refractivity (Wildman–Crippen MR) is 70.1 cm³/mol. The van der Waals surface area contributed by atoms with Gasteiger partial charge in [0.1, 0.15) is 0 Å². The minimum atomic E-state index is 0.333. The van der Waals surface area contributed by atoms with E-state index in [2.05, 4.69) is 20.7 Å². The second-order valence-corrected chi connectivity index (χ2v) is 3.38. The van der Waals surface area contributed by atoms with E-state index in [0.29, 0.717) is 6.54 Å². The van der Waals surface area contributed by atoms with Crippen LogP contribution in [-0.2, 0) is 6.54 Å². The van der Waals surface area contributed by atoms with Crippen molar-refractivity contribution < 1.29 is 0 Å². The van der Waals surface area contributed by atoms with Crippen LogP contribution in [0, 0.1) is 5.41 Å². The van der Waals surface area contributed by atoms with Crippen LogP contribution >= 0.6 is 0 Å². The van der Waals surface area contributed by atoms with Crippen molar-refractivity contribution in [3.63, 3.8) is 0 Å². The van der Waals surface area contributed by atoms with Crippen LogP contribution in [0.2, 0.25) is 0 Å². The van der Waals surface area contributed by atoms with Gasteiger partial charge in [0.2, 0.25) is 0 Å². The Kier molecular flexibility index (Phi) is 3.77. The number of hydrazone groups is 1. The zero-order valence-corrected chi connectivity index (χ0v) is 9.61. The van der Waals surface area contributed by atoms with Gasteiger partial charge < -0.3 is 11.1 Å². The number of nitrogens with two attached hydrogens (primary N) is 1. The van der Waals surface area contributed by atoms with E-state index in [-0.39, 0.29) is 0 Å². The Labute approximate surface area is 104 Å². The van der Waals surface area contributed by atoms with Crippen molar-refractivity contribution in [3.8, 4) is 5.69 Å². The molecule has 18 heavy (non-hydrogen) atoms. The van der Waals surface area contributed by atoms with Gasteiger partial charge in [-0.25, -0.2) is 0 Å². The molecular formula is C11H13N7. The highest BCUT2D eigenvalue weighted by molar-refractivity contribution is 6.14. The summed E-state index contributed by atoms with van der Waals surface area (Å²) in [5, 5.41) is 18.9. The van der Waals surface area contributed by atoms with Crippen molar-refractivity contribution in [1.29, 1.82) is 5.41 Å². The van der Waals surface area contributed by atoms with E-state index in [1.807, 2.05) is 18.2 Å². The summed E-state index contributed by atoms with van der Waals surface area (Å²) in [5.74, 6) is 0. The summed E-state index contributed by atoms with van der Waals surface area (Å²) in [6, 6.07) is 5.60. The Hall–Kier alpha value is -2.54. The lowest BCUT2D eigenvalue weighted by Gasteiger charge is -2.11. The highest BCUT2D eigenvalue weighted by Crippen LogP contribution is 2.21. The van der Waals surface area contributed by atoms with Crippen molar-refractivity contribution in [2.45, 2.75) is 6.54 Å². The number of nitrogens with zero attached hydrogens (tertiary/aromatic N) is 4. The van der Waals surface area contributed by atoms with Crippen LogP contribution in [0.15, 0.2) is 35.7 Å². The van der Waals surface area contributed by atoms with E-state index in [9.17, 15) is 0 Å². The highest BCUT2D eigenvalue weighted by Gasteiger charge is 2.09. The molecule has 1 aromatic heterocycles. The molecule has 7 nitrogen and oxygen atoms in total. The Balaban J connectivity index is 2.39. The van der Waals surface area contributed by atoms with Crippen molar-refractivity contribution in [1.82, 2.24) is 15.0 Å². The monoisotopic (exact) mass is 243 g/mol. The van der Waals surface area contributed by atoms with Crippen molar-refractivity contribution in [2.24, 2.45) is 10.8 Å². The molecule has 0 saturated carbocycles. The van der Waals surface area contributed by atoms with E-state index in [1.54, 1.807) is 12.4 Å². The molecule has 2 aromatic rings. The topological polar surface area (TPSA) is 105 Å². The van der Waals surface area contributed by atoms with Crippen LogP contribution < -0.4 is 11.2 Å². The van der Waals surface area contributed by atoms with E-state index in [1.165, 1.54) is 11.0 Å². The van der Waals surface area contributed by atoms with Gasteiger partial charge >= 0.3 is 0 Å². The van der Waals surface area contributed by atoms with Gasteiger partial charge in [-0.15, -0.1) is 0 Å². The predicted octanol–water partition coefficient (Wildman–Crippen LogP) is 0.773. The summed E-state index contributed by atoms with van der Waals surface area (Å²) < 4.78 is 0. The lowest BCUT2D eigenvalue weighted by molar-refractivity contribution is 0.741. The standard InChI is InChI=1S/C11H13N7/c12-4-5-14-17-10-2-1-3-11(9(10)8-13)18-15-6-7-16-18/h1-7,12,17H,8,13H2/b12-4?,14-5-. The van der Waals surface area contributed by atoms with Crippen LogP contribution in [-0.4, -0.2) is 27.4 Å². The third-order valence-electron chi connectivity index (χ3n) is 2.32. The van der Waals surface area contributed by atoms with Crippen LogP contribution in [0.4, 0.5) is 5.69 Å². The first-order valence-corrected chi connectivity index (χ1v) is 5.33. The molecule has 0 unspecified atom stereocenters. The molecule has 7 heteroatoms. The third kappa shape index (κ3) is 2.41. The average Bonchev–Trinajstić information content (AvgIpc) is 2.92. The lowest BCUT2D eigenvalue weighted by Crippen LogP contribution is -2.09. The van der Waals surface area contributed by atoms with Crippen molar-refractivity contribution >= 4 is 18.1 Å². The fraction of sp³-hybridized carbons (Fsp3) is 0.0909. The number of benzene rings is 1. The third-order valence-corrected chi connectivity index (χ3v) is 2.32. The van der Waals surface area contributed by atoms with Gasteiger partial charge in [-0.2, -0.15) is 20.1 Å². The van der Waals surface area contributed by atoms with Gasteiger partial charge in [-0.1, -0.05) is 6.07 Å². The van der Waals surface area contributed by atoms with Crippen LogP contribution in [0.25, 0.3) is 5.69 Å². The first-order valence-electron chi connectivity index (χ1n) is 5.33. The molecule has 0 spiro atoms. The second-order valence-electron chi connectivity index (χ2n) is 3.38. The molecule has 0 radical (unpaired) electrons. The molecule has 1 heterocycles. The minimum absolute atomic E-state index is 0.333. The minimum Gasteiger partial charge on any atom is -0.326 e. The quantitative estimate of drug-likeness (QED) is 0.533. The molecular weight excluding hydrogens is 230 g/mol. The lowest BCUT2D eigenvalue weighted by atomic mass is 10.1. The SMILES string of the molecule is N=C/C=N\Nc1cccc(-n2nccn2)c1CN. The highest BCUT2D eigenvalue weighted by atomic mass is 15.5. The second kappa shape index (κ2) is 5.69. The normalized spacial score (nSPS) is 10.7. The zero-order chi connectivity index (χ0) is 12.8. The van der Waals surface area contributed by atoms with Crippen LogP contribution in [0.5, 0.6) is 0 Å². The number of rotatable bonds is 5. The maximum atomic E-state index is 6.86. The molecule has 0 saturated heterocycles. The number of nitrogens with one attached hydrogen (secondary N) is 2. The Morgan fingerprint density at radius 1 is 1.39 bits per heavy atom. The summed E-state index contributed by atoms with van der Waals surface area (Å²) in [6.45, 7) is 0.333. The maximum Gasteiger partial charge on any atom is 0.0922 e. The summed E-state index contributed by atoms with van der Waals surface area (Å²) in [5.41, 5.74) is 11.0. The van der Waals surface area contributed by atoms with E-state index in [0.717, 1.165) is 23.2 Å². The Morgan fingerprint density at radius 2 is 2.17 bits per heavy atom. The average molecular weight is 243 g/mol. The van der Waals surface area contributed by atoms with Crippen LogP contribution in [0.3, 0.4) is 0 Å². The smallest absolute Gasteiger partial charge is 0.0922 e. The maximum absolute atomic E-state index is 6.86. The van der Waals surface area contributed by atoms with Gasteiger partial charge in [0.05, 0.1) is 30.0 Å². The van der Waals surface area contributed by atoms with Crippen molar-refractivity contribution in [3.05, 3.63) is 36.2 Å². The van der Waals surface area contributed by atoms with Crippen LogP contribution in [0.1, 0.15) is 5.56 Å². The molecule has 0 bridgehead atoms.